The van der Waals surface area contributed by atoms with Gasteiger partial charge in [-0.2, -0.15) is 20.1 Å². The lowest BCUT2D eigenvalue weighted by molar-refractivity contribution is -0.384. The number of nitro groups is 1. The molecule has 0 bridgehead atoms. The average Bonchev–Trinajstić information content (AvgIpc) is 3.47. The molecular formula is C19H24N8O3. The van der Waals surface area contributed by atoms with Crippen LogP contribution in [0.15, 0.2) is 23.3 Å². The number of methoxy groups -OCH3 is 1. The summed E-state index contributed by atoms with van der Waals surface area (Å²) in [5, 5.41) is 15.2. The first kappa shape index (κ1) is 19.8. The van der Waals surface area contributed by atoms with Gasteiger partial charge in [-0.1, -0.05) is 0 Å². The van der Waals surface area contributed by atoms with Crippen LogP contribution in [-0.4, -0.2) is 59.4 Å². The van der Waals surface area contributed by atoms with Gasteiger partial charge in [0.1, 0.15) is 5.75 Å². The van der Waals surface area contributed by atoms with Crippen molar-refractivity contribution < 1.29 is 9.66 Å². The minimum absolute atomic E-state index is 0.0370. The Morgan fingerprint density at radius 1 is 1.07 bits per heavy atom. The standard InChI is InChI=1S/C19H24N8O3/c1-30-16-7-6-15(27(28)29)12-14(16)13-20-24-17-21-18(25-8-2-3-9-25)23-19(22-17)26-10-4-5-11-26/h6-7,12-13H,2-5,8-11H2,1H3,(H,21,22,23,24)/b20-13+. The number of nitrogens with zero attached hydrogens (tertiary/aromatic N) is 7. The lowest BCUT2D eigenvalue weighted by Gasteiger charge is -2.20. The summed E-state index contributed by atoms with van der Waals surface area (Å²) in [6.45, 7) is 3.71. The average molecular weight is 412 g/mol. The fourth-order valence-corrected chi connectivity index (χ4v) is 3.62. The highest BCUT2D eigenvalue weighted by atomic mass is 16.6. The fraction of sp³-hybridized carbons (Fsp3) is 0.474. The van der Waals surface area contributed by atoms with E-state index >= 15 is 0 Å². The zero-order valence-corrected chi connectivity index (χ0v) is 16.8. The number of rotatable bonds is 7. The second-order valence-corrected chi connectivity index (χ2v) is 7.20. The molecule has 1 N–H and O–H groups in total. The van der Waals surface area contributed by atoms with E-state index in [9.17, 15) is 10.1 Å². The third-order valence-corrected chi connectivity index (χ3v) is 5.18. The van der Waals surface area contributed by atoms with E-state index in [1.165, 1.54) is 25.5 Å². The number of ether oxygens (including phenoxy) is 1. The minimum Gasteiger partial charge on any atom is -0.496 e. The van der Waals surface area contributed by atoms with Crippen LogP contribution in [0.2, 0.25) is 0 Å². The highest BCUT2D eigenvalue weighted by Gasteiger charge is 2.21. The summed E-state index contributed by atoms with van der Waals surface area (Å²) >= 11 is 0. The molecule has 30 heavy (non-hydrogen) atoms. The molecule has 2 aliphatic rings. The van der Waals surface area contributed by atoms with Gasteiger partial charge in [-0.15, -0.1) is 0 Å². The second-order valence-electron chi connectivity index (χ2n) is 7.20. The van der Waals surface area contributed by atoms with E-state index < -0.39 is 4.92 Å². The Bertz CT molecular complexity index is 905. The number of benzene rings is 1. The van der Waals surface area contributed by atoms with Crippen LogP contribution in [0, 0.1) is 10.1 Å². The van der Waals surface area contributed by atoms with Crippen molar-refractivity contribution in [3.8, 4) is 5.75 Å². The summed E-state index contributed by atoms with van der Waals surface area (Å²) in [7, 11) is 1.50. The monoisotopic (exact) mass is 412 g/mol. The number of anilines is 3. The summed E-state index contributed by atoms with van der Waals surface area (Å²) in [5.41, 5.74) is 3.29. The minimum atomic E-state index is -0.458. The first-order valence-corrected chi connectivity index (χ1v) is 10.0. The molecule has 0 spiro atoms. The Morgan fingerprint density at radius 2 is 1.67 bits per heavy atom. The lowest BCUT2D eigenvalue weighted by atomic mass is 10.2. The van der Waals surface area contributed by atoms with Crippen molar-refractivity contribution in [3.05, 3.63) is 33.9 Å². The Morgan fingerprint density at radius 3 is 2.20 bits per heavy atom. The van der Waals surface area contributed by atoms with Gasteiger partial charge in [0.05, 0.1) is 18.2 Å². The highest BCUT2D eigenvalue weighted by molar-refractivity contribution is 5.85. The fourth-order valence-electron chi connectivity index (χ4n) is 3.62. The molecule has 1 aromatic heterocycles. The van der Waals surface area contributed by atoms with Gasteiger partial charge < -0.3 is 14.5 Å². The molecule has 0 unspecified atom stereocenters. The van der Waals surface area contributed by atoms with Gasteiger partial charge in [0.25, 0.3) is 5.69 Å². The molecule has 4 rings (SSSR count). The van der Waals surface area contributed by atoms with Crippen LogP contribution < -0.4 is 20.0 Å². The molecule has 2 aromatic rings. The van der Waals surface area contributed by atoms with Crippen LogP contribution in [0.3, 0.4) is 0 Å². The van der Waals surface area contributed by atoms with Gasteiger partial charge in [-0.25, -0.2) is 5.43 Å². The molecule has 11 nitrogen and oxygen atoms in total. The number of nitrogens with one attached hydrogen (secondary N) is 1. The van der Waals surface area contributed by atoms with Crippen molar-refractivity contribution in [2.45, 2.75) is 25.7 Å². The Labute approximate surface area is 173 Å². The van der Waals surface area contributed by atoms with Gasteiger partial charge in [0.2, 0.25) is 17.8 Å². The maximum absolute atomic E-state index is 11.0. The first-order valence-electron chi connectivity index (χ1n) is 10.0. The highest BCUT2D eigenvalue weighted by Crippen LogP contribution is 2.24. The number of hydrazone groups is 1. The second kappa shape index (κ2) is 8.89. The largest absolute Gasteiger partial charge is 0.496 e. The molecule has 0 radical (unpaired) electrons. The van der Waals surface area contributed by atoms with Gasteiger partial charge in [0.15, 0.2) is 0 Å². The van der Waals surface area contributed by atoms with Crippen LogP contribution in [0.4, 0.5) is 23.5 Å². The van der Waals surface area contributed by atoms with E-state index in [2.05, 4.69) is 35.3 Å². The molecule has 2 saturated heterocycles. The van der Waals surface area contributed by atoms with E-state index in [0.717, 1.165) is 51.9 Å². The summed E-state index contributed by atoms with van der Waals surface area (Å²) in [4.78, 5) is 28.6. The van der Waals surface area contributed by atoms with E-state index in [1.54, 1.807) is 6.07 Å². The zero-order valence-electron chi connectivity index (χ0n) is 16.8. The van der Waals surface area contributed by atoms with Crippen LogP contribution in [0.1, 0.15) is 31.2 Å². The maximum atomic E-state index is 11.0. The molecule has 2 aliphatic heterocycles. The molecule has 3 heterocycles. The summed E-state index contributed by atoms with van der Waals surface area (Å²) < 4.78 is 5.26. The molecule has 0 amide bonds. The first-order chi connectivity index (χ1) is 14.6. The SMILES string of the molecule is COc1ccc([N+](=O)[O-])cc1/C=N/Nc1nc(N2CCCC2)nc(N2CCCC2)n1. The Hall–Kier alpha value is -3.50. The molecule has 0 saturated carbocycles. The summed E-state index contributed by atoms with van der Waals surface area (Å²) in [6.07, 6.45) is 5.95. The number of non-ortho nitro benzene ring substituents is 1. The van der Waals surface area contributed by atoms with Gasteiger partial charge in [0, 0.05) is 43.9 Å². The molecule has 158 valence electrons. The molecule has 1 aromatic carbocycles. The van der Waals surface area contributed by atoms with Gasteiger partial charge in [-0.05, 0) is 31.7 Å². The van der Waals surface area contributed by atoms with Gasteiger partial charge in [-0.3, -0.25) is 10.1 Å². The van der Waals surface area contributed by atoms with E-state index in [-0.39, 0.29) is 5.69 Å². The van der Waals surface area contributed by atoms with Crippen LogP contribution in [-0.2, 0) is 0 Å². The molecule has 0 atom stereocenters. The molecule has 11 heteroatoms. The van der Waals surface area contributed by atoms with Crippen molar-refractivity contribution in [1.82, 2.24) is 15.0 Å². The zero-order chi connectivity index (χ0) is 20.9. The lowest BCUT2D eigenvalue weighted by Crippen LogP contribution is -2.25. The van der Waals surface area contributed by atoms with Gasteiger partial charge >= 0.3 is 0 Å². The summed E-state index contributed by atoms with van der Waals surface area (Å²) in [6, 6.07) is 4.34. The topological polar surface area (TPSA) is 122 Å². The smallest absolute Gasteiger partial charge is 0.270 e. The van der Waals surface area contributed by atoms with Crippen molar-refractivity contribution in [3.63, 3.8) is 0 Å². The quantitative estimate of drug-likeness (QED) is 0.415. The number of hydrogen-bond donors (Lipinski definition) is 1. The predicted molar refractivity (Wildman–Crippen MR) is 114 cm³/mol. The van der Waals surface area contributed by atoms with E-state index in [4.69, 9.17) is 4.74 Å². The van der Waals surface area contributed by atoms with Crippen molar-refractivity contribution >= 4 is 29.7 Å². The normalized spacial score (nSPS) is 16.4. The Balaban J connectivity index is 1.57. The molecular weight excluding hydrogens is 388 g/mol. The van der Waals surface area contributed by atoms with Crippen molar-refractivity contribution in [1.29, 1.82) is 0 Å². The molecule has 0 aliphatic carbocycles. The number of nitro benzene ring substituents is 1. The third-order valence-electron chi connectivity index (χ3n) is 5.18. The predicted octanol–water partition coefficient (Wildman–Crippen LogP) is 2.43. The number of hydrogen-bond acceptors (Lipinski definition) is 10. The van der Waals surface area contributed by atoms with Crippen LogP contribution in [0.5, 0.6) is 5.75 Å². The number of aromatic nitrogens is 3. The maximum Gasteiger partial charge on any atom is 0.270 e. The van der Waals surface area contributed by atoms with Crippen LogP contribution >= 0.6 is 0 Å². The van der Waals surface area contributed by atoms with E-state index in [1.807, 2.05) is 0 Å². The third kappa shape index (κ3) is 4.39. The molecule has 2 fully saturated rings. The Kier molecular flexibility index (Phi) is 5.87. The van der Waals surface area contributed by atoms with E-state index in [0.29, 0.717) is 29.2 Å². The summed E-state index contributed by atoms with van der Waals surface area (Å²) in [5.74, 6) is 2.12. The van der Waals surface area contributed by atoms with Crippen LogP contribution in [0.25, 0.3) is 0 Å². The van der Waals surface area contributed by atoms with Crippen molar-refractivity contribution in [2.24, 2.45) is 5.10 Å². The van der Waals surface area contributed by atoms with Crippen molar-refractivity contribution in [2.75, 3.05) is 48.5 Å².